The molecule has 1 fully saturated rings. The van der Waals surface area contributed by atoms with Crippen LogP contribution in [-0.4, -0.2) is 19.3 Å². The molecule has 0 saturated heterocycles. The van der Waals surface area contributed by atoms with Crippen molar-refractivity contribution in [2.45, 2.75) is 50.7 Å². The van der Waals surface area contributed by atoms with Crippen LogP contribution in [0.1, 0.15) is 38.5 Å². The predicted octanol–water partition coefficient (Wildman–Crippen LogP) is 3.12. The molecule has 3 heteroatoms. The Balaban J connectivity index is 2.05. The van der Waals surface area contributed by atoms with Crippen molar-refractivity contribution in [1.29, 1.82) is 0 Å². The minimum Gasteiger partial charge on any atom is -0.493 e. The predicted molar refractivity (Wildman–Crippen MR) is 73.1 cm³/mol. The molecule has 0 aliphatic heterocycles. The first-order valence-corrected chi connectivity index (χ1v) is 6.86. The second-order valence-corrected chi connectivity index (χ2v) is 4.96. The van der Waals surface area contributed by atoms with E-state index in [-0.39, 0.29) is 12.1 Å². The first kappa shape index (κ1) is 13.2. The van der Waals surface area contributed by atoms with Crippen LogP contribution in [0, 0.1) is 0 Å². The van der Waals surface area contributed by atoms with Crippen LogP contribution in [0.4, 0.5) is 0 Å². The summed E-state index contributed by atoms with van der Waals surface area (Å²) in [6.45, 7) is 0. The summed E-state index contributed by atoms with van der Waals surface area (Å²) in [5.41, 5.74) is 6.22. The molecule has 100 valence electrons. The van der Waals surface area contributed by atoms with Gasteiger partial charge in [0.15, 0.2) is 11.5 Å². The molecule has 0 aromatic heterocycles. The zero-order chi connectivity index (χ0) is 12.8. The van der Waals surface area contributed by atoms with Crippen LogP contribution in [0.5, 0.6) is 11.5 Å². The van der Waals surface area contributed by atoms with E-state index in [2.05, 4.69) is 0 Å². The van der Waals surface area contributed by atoms with Crippen molar-refractivity contribution in [2.24, 2.45) is 5.73 Å². The number of hydrogen-bond donors (Lipinski definition) is 1. The van der Waals surface area contributed by atoms with E-state index < -0.39 is 0 Å². The van der Waals surface area contributed by atoms with Crippen molar-refractivity contribution in [3.63, 3.8) is 0 Å². The fourth-order valence-corrected chi connectivity index (χ4v) is 2.50. The van der Waals surface area contributed by atoms with Gasteiger partial charge in [-0.3, -0.25) is 0 Å². The molecule has 0 spiro atoms. The van der Waals surface area contributed by atoms with Gasteiger partial charge in [-0.25, -0.2) is 0 Å². The van der Waals surface area contributed by atoms with Gasteiger partial charge in [0.25, 0.3) is 0 Å². The van der Waals surface area contributed by atoms with Crippen molar-refractivity contribution in [2.75, 3.05) is 7.11 Å². The maximum Gasteiger partial charge on any atom is 0.161 e. The first-order valence-electron chi connectivity index (χ1n) is 6.86. The van der Waals surface area contributed by atoms with E-state index in [1.807, 2.05) is 24.3 Å². The Morgan fingerprint density at radius 3 is 2.39 bits per heavy atom. The summed E-state index contributed by atoms with van der Waals surface area (Å²) in [7, 11) is 1.67. The molecule has 1 aromatic carbocycles. The fourth-order valence-electron chi connectivity index (χ4n) is 2.50. The standard InChI is InChI=1S/C15H23NO2/c1-17-14-10-6-7-11-15(14)18-13-9-5-3-2-4-8-12(13)16/h6-7,10-13H,2-5,8-9,16H2,1H3. The molecular formula is C15H23NO2. The molecule has 1 aromatic rings. The van der Waals surface area contributed by atoms with Crippen LogP contribution in [0.2, 0.25) is 0 Å². The Morgan fingerprint density at radius 1 is 1.00 bits per heavy atom. The zero-order valence-corrected chi connectivity index (χ0v) is 11.1. The number of para-hydroxylation sites is 2. The van der Waals surface area contributed by atoms with Gasteiger partial charge in [-0.1, -0.05) is 31.4 Å². The highest BCUT2D eigenvalue weighted by Gasteiger charge is 2.22. The average molecular weight is 249 g/mol. The molecule has 2 rings (SSSR count). The number of nitrogens with two attached hydrogens (primary N) is 1. The molecule has 2 atom stereocenters. The summed E-state index contributed by atoms with van der Waals surface area (Å²) in [4.78, 5) is 0. The quantitative estimate of drug-likeness (QED) is 0.895. The molecule has 0 amide bonds. The highest BCUT2D eigenvalue weighted by molar-refractivity contribution is 5.39. The monoisotopic (exact) mass is 249 g/mol. The first-order chi connectivity index (χ1) is 8.81. The van der Waals surface area contributed by atoms with E-state index in [9.17, 15) is 0 Å². The molecular weight excluding hydrogens is 226 g/mol. The number of rotatable bonds is 3. The van der Waals surface area contributed by atoms with E-state index in [0.29, 0.717) is 0 Å². The van der Waals surface area contributed by atoms with Gasteiger partial charge < -0.3 is 15.2 Å². The number of ether oxygens (including phenoxy) is 2. The van der Waals surface area contributed by atoms with E-state index in [4.69, 9.17) is 15.2 Å². The highest BCUT2D eigenvalue weighted by Crippen LogP contribution is 2.29. The maximum atomic E-state index is 6.22. The molecule has 3 nitrogen and oxygen atoms in total. The second-order valence-electron chi connectivity index (χ2n) is 4.96. The van der Waals surface area contributed by atoms with E-state index in [0.717, 1.165) is 24.3 Å². The van der Waals surface area contributed by atoms with Crippen molar-refractivity contribution in [3.05, 3.63) is 24.3 Å². The average Bonchev–Trinajstić information content (AvgIpc) is 2.39. The van der Waals surface area contributed by atoms with Gasteiger partial charge >= 0.3 is 0 Å². The Labute approximate surface area is 109 Å². The smallest absolute Gasteiger partial charge is 0.161 e. The van der Waals surface area contributed by atoms with E-state index >= 15 is 0 Å². The second kappa shape index (κ2) is 6.64. The normalized spacial score (nSPS) is 25.0. The van der Waals surface area contributed by atoms with Crippen molar-refractivity contribution in [3.8, 4) is 11.5 Å². The Morgan fingerprint density at radius 2 is 1.67 bits per heavy atom. The van der Waals surface area contributed by atoms with Crippen LogP contribution >= 0.6 is 0 Å². The number of methoxy groups -OCH3 is 1. The van der Waals surface area contributed by atoms with E-state index in [1.54, 1.807) is 7.11 Å². The summed E-state index contributed by atoms with van der Waals surface area (Å²) >= 11 is 0. The minimum absolute atomic E-state index is 0.113. The summed E-state index contributed by atoms with van der Waals surface area (Å²) in [6, 6.07) is 7.92. The lowest BCUT2D eigenvalue weighted by molar-refractivity contribution is 0.140. The lowest BCUT2D eigenvalue weighted by atomic mass is 9.95. The Bertz CT molecular complexity index is 367. The van der Waals surface area contributed by atoms with Crippen LogP contribution < -0.4 is 15.2 Å². The van der Waals surface area contributed by atoms with Crippen LogP contribution in [0.3, 0.4) is 0 Å². The zero-order valence-electron chi connectivity index (χ0n) is 11.1. The van der Waals surface area contributed by atoms with Gasteiger partial charge in [-0.15, -0.1) is 0 Å². The molecule has 1 saturated carbocycles. The lowest BCUT2D eigenvalue weighted by Gasteiger charge is -2.27. The van der Waals surface area contributed by atoms with E-state index in [1.165, 1.54) is 25.7 Å². The van der Waals surface area contributed by atoms with Crippen LogP contribution in [0.15, 0.2) is 24.3 Å². The molecule has 2 unspecified atom stereocenters. The van der Waals surface area contributed by atoms with Gasteiger partial charge in [0.2, 0.25) is 0 Å². The summed E-state index contributed by atoms with van der Waals surface area (Å²) in [6.07, 6.45) is 7.22. The fraction of sp³-hybridized carbons (Fsp3) is 0.600. The molecule has 2 N–H and O–H groups in total. The largest absolute Gasteiger partial charge is 0.493 e. The Kier molecular flexibility index (Phi) is 4.88. The van der Waals surface area contributed by atoms with Gasteiger partial charge in [0.05, 0.1) is 7.11 Å². The molecule has 0 radical (unpaired) electrons. The third kappa shape index (κ3) is 3.39. The third-order valence-corrected chi connectivity index (χ3v) is 3.60. The third-order valence-electron chi connectivity index (χ3n) is 3.60. The molecule has 0 bridgehead atoms. The maximum absolute atomic E-state index is 6.22. The number of hydrogen-bond acceptors (Lipinski definition) is 3. The highest BCUT2D eigenvalue weighted by atomic mass is 16.5. The SMILES string of the molecule is COc1ccccc1OC1CCCCCCC1N. The summed E-state index contributed by atoms with van der Waals surface area (Å²) in [5.74, 6) is 1.59. The molecule has 0 heterocycles. The van der Waals surface area contributed by atoms with Gasteiger partial charge in [0.1, 0.15) is 6.10 Å². The van der Waals surface area contributed by atoms with Crippen molar-refractivity contribution >= 4 is 0 Å². The Hall–Kier alpha value is -1.22. The van der Waals surface area contributed by atoms with Gasteiger partial charge in [-0.2, -0.15) is 0 Å². The van der Waals surface area contributed by atoms with Gasteiger partial charge in [0, 0.05) is 6.04 Å². The summed E-state index contributed by atoms with van der Waals surface area (Å²) < 4.78 is 11.4. The number of benzene rings is 1. The molecule has 1 aliphatic carbocycles. The summed E-state index contributed by atoms with van der Waals surface area (Å²) in [5, 5.41) is 0. The minimum atomic E-state index is 0.113. The molecule has 1 aliphatic rings. The lowest BCUT2D eigenvalue weighted by Crippen LogP contribution is -2.39. The molecule has 18 heavy (non-hydrogen) atoms. The van der Waals surface area contributed by atoms with Crippen molar-refractivity contribution in [1.82, 2.24) is 0 Å². The van der Waals surface area contributed by atoms with Crippen LogP contribution in [-0.2, 0) is 0 Å². The topological polar surface area (TPSA) is 44.5 Å². The van der Waals surface area contributed by atoms with Gasteiger partial charge in [-0.05, 0) is 31.4 Å². The van der Waals surface area contributed by atoms with Crippen LogP contribution in [0.25, 0.3) is 0 Å². The van der Waals surface area contributed by atoms with Crippen molar-refractivity contribution < 1.29 is 9.47 Å².